The zero-order chi connectivity index (χ0) is 12.8. The van der Waals surface area contributed by atoms with E-state index in [-0.39, 0.29) is 11.9 Å². The molecule has 96 valence electrons. The lowest BCUT2D eigenvalue weighted by Crippen LogP contribution is -2.32. The molecular formula is C13H20BrFN2. The molecule has 0 aliphatic rings. The Labute approximate surface area is 111 Å². The van der Waals surface area contributed by atoms with Crippen molar-refractivity contribution in [3.05, 3.63) is 34.1 Å². The smallest absolute Gasteiger partial charge is 0.142 e. The summed E-state index contributed by atoms with van der Waals surface area (Å²) in [5, 5.41) is 3.38. The fraction of sp³-hybridized carbons (Fsp3) is 0.538. The van der Waals surface area contributed by atoms with Crippen LogP contribution in [0.1, 0.15) is 24.9 Å². The van der Waals surface area contributed by atoms with E-state index in [0.717, 1.165) is 25.1 Å². The molecule has 1 rings (SSSR count). The van der Waals surface area contributed by atoms with Crippen LogP contribution < -0.4 is 5.32 Å². The van der Waals surface area contributed by atoms with E-state index in [0.29, 0.717) is 4.47 Å². The molecule has 0 saturated carbocycles. The second-order valence-electron chi connectivity index (χ2n) is 4.41. The first-order valence-electron chi connectivity index (χ1n) is 5.88. The highest BCUT2D eigenvalue weighted by atomic mass is 79.9. The van der Waals surface area contributed by atoms with Crippen LogP contribution in [0.3, 0.4) is 0 Å². The van der Waals surface area contributed by atoms with E-state index >= 15 is 0 Å². The minimum atomic E-state index is -0.164. The average molecular weight is 303 g/mol. The molecule has 0 amide bonds. The van der Waals surface area contributed by atoms with Crippen molar-refractivity contribution in [2.24, 2.45) is 0 Å². The molecule has 0 spiro atoms. The van der Waals surface area contributed by atoms with Crippen LogP contribution in [0.4, 0.5) is 4.39 Å². The van der Waals surface area contributed by atoms with E-state index in [9.17, 15) is 4.39 Å². The number of hydrogen-bond donors (Lipinski definition) is 1. The zero-order valence-electron chi connectivity index (χ0n) is 10.6. The normalized spacial score (nSPS) is 13.1. The molecule has 2 nitrogen and oxygen atoms in total. The van der Waals surface area contributed by atoms with Gasteiger partial charge in [-0.3, -0.25) is 0 Å². The molecule has 1 aromatic rings. The molecule has 0 saturated heterocycles. The van der Waals surface area contributed by atoms with Gasteiger partial charge in [0, 0.05) is 18.2 Å². The predicted molar refractivity (Wildman–Crippen MR) is 73.7 cm³/mol. The van der Waals surface area contributed by atoms with Crippen molar-refractivity contribution in [3.8, 4) is 0 Å². The lowest BCUT2D eigenvalue weighted by Gasteiger charge is -2.23. The number of nitrogens with zero attached hydrogens (tertiary/aromatic N) is 1. The molecule has 1 aromatic carbocycles. The molecular weight excluding hydrogens is 283 g/mol. The molecule has 17 heavy (non-hydrogen) atoms. The number of benzene rings is 1. The van der Waals surface area contributed by atoms with Crippen molar-refractivity contribution in [1.82, 2.24) is 10.2 Å². The van der Waals surface area contributed by atoms with Gasteiger partial charge in [-0.1, -0.05) is 19.1 Å². The third-order valence-corrected chi connectivity index (χ3v) is 3.16. The first kappa shape index (κ1) is 14.6. The van der Waals surface area contributed by atoms with Crippen LogP contribution in [0.2, 0.25) is 0 Å². The molecule has 0 aromatic heterocycles. The molecule has 4 heteroatoms. The Hall–Kier alpha value is -0.450. The number of rotatable bonds is 6. The highest BCUT2D eigenvalue weighted by Gasteiger charge is 2.17. The topological polar surface area (TPSA) is 15.3 Å². The highest BCUT2D eigenvalue weighted by molar-refractivity contribution is 9.10. The zero-order valence-corrected chi connectivity index (χ0v) is 12.2. The third kappa shape index (κ3) is 4.37. The van der Waals surface area contributed by atoms with Crippen LogP contribution >= 0.6 is 15.9 Å². The summed E-state index contributed by atoms with van der Waals surface area (Å²) in [6.07, 6.45) is 1.04. The Morgan fingerprint density at radius 1 is 1.41 bits per heavy atom. The SMILES string of the molecule is CCCNC(CN(C)C)c1cccc(Br)c1F. The molecule has 1 N–H and O–H groups in total. The minimum absolute atomic E-state index is 0.0300. The van der Waals surface area contributed by atoms with Gasteiger partial charge in [0.2, 0.25) is 0 Å². The van der Waals surface area contributed by atoms with E-state index in [1.165, 1.54) is 0 Å². The van der Waals surface area contributed by atoms with Gasteiger partial charge in [0.1, 0.15) is 5.82 Å². The quantitative estimate of drug-likeness (QED) is 0.868. The Kier molecular flexibility index (Phi) is 6.09. The van der Waals surface area contributed by atoms with Gasteiger partial charge in [-0.15, -0.1) is 0 Å². The lowest BCUT2D eigenvalue weighted by atomic mass is 10.1. The van der Waals surface area contributed by atoms with Gasteiger partial charge in [-0.2, -0.15) is 0 Å². The maximum absolute atomic E-state index is 14.0. The summed E-state index contributed by atoms with van der Waals surface area (Å²) in [4.78, 5) is 2.06. The van der Waals surface area contributed by atoms with E-state index in [1.54, 1.807) is 6.07 Å². The first-order valence-corrected chi connectivity index (χ1v) is 6.67. The Balaban J connectivity index is 2.90. The van der Waals surface area contributed by atoms with Gasteiger partial charge >= 0.3 is 0 Å². The maximum atomic E-state index is 14.0. The van der Waals surface area contributed by atoms with Crippen LogP contribution in [0.5, 0.6) is 0 Å². The third-order valence-electron chi connectivity index (χ3n) is 2.55. The fourth-order valence-electron chi connectivity index (χ4n) is 1.75. The maximum Gasteiger partial charge on any atom is 0.142 e. The summed E-state index contributed by atoms with van der Waals surface area (Å²) >= 11 is 3.23. The standard InChI is InChI=1S/C13H20BrFN2/c1-4-8-16-12(9-17(2)3)10-6-5-7-11(14)13(10)15/h5-7,12,16H,4,8-9H2,1-3H3. The molecule has 0 fully saturated rings. The fourth-order valence-corrected chi connectivity index (χ4v) is 2.13. The van der Waals surface area contributed by atoms with Crippen LogP contribution in [0, 0.1) is 5.82 Å². The molecule has 1 unspecified atom stereocenters. The Morgan fingerprint density at radius 2 is 2.12 bits per heavy atom. The average Bonchev–Trinajstić information content (AvgIpc) is 2.28. The van der Waals surface area contributed by atoms with Gasteiger partial charge in [-0.05, 0) is 49.1 Å². The van der Waals surface area contributed by atoms with Gasteiger partial charge in [-0.25, -0.2) is 4.39 Å². The largest absolute Gasteiger partial charge is 0.309 e. The molecule has 1 atom stereocenters. The second kappa shape index (κ2) is 7.09. The summed E-state index contributed by atoms with van der Waals surface area (Å²) in [5.41, 5.74) is 0.724. The van der Waals surface area contributed by atoms with Gasteiger partial charge in [0.05, 0.1) is 4.47 Å². The first-order chi connectivity index (χ1) is 8.06. The van der Waals surface area contributed by atoms with Crippen molar-refractivity contribution in [1.29, 1.82) is 0 Å². The minimum Gasteiger partial charge on any atom is -0.309 e. The summed E-state index contributed by atoms with van der Waals surface area (Å²) in [6.45, 7) is 3.79. The van der Waals surface area contributed by atoms with Crippen LogP contribution in [0.25, 0.3) is 0 Å². The monoisotopic (exact) mass is 302 g/mol. The molecule has 0 bridgehead atoms. The second-order valence-corrected chi connectivity index (χ2v) is 5.27. The van der Waals surface area contributed by atoms with E-state index in [4.69, 9.17) is 0 Å². The molecule has 0 aliphatic carbocycles. The van der Waals surface area contributed by atoms with Crippen molar-refractivity contribution in [2.75, 3.05) is 27.2 Å². The summed E-state index contributed by atoms with van der Waals surface area (Å²) in [7, 11) is 3.99. The summed E-state index contributed by atoms with van der Waals surface area (Å²) < 4.78 is 14.5. The van der Waals surface area contributed by atoms with Crippen LogP contribution in [-0.2, 0) is 0 Å². The van der Waals surface area contributed by atoms with Crippen molar-refractivity contribution < 1.29 is 4.39 Å². The van der Waals surface area contributed by atoms with Gasteiger partial charge in [0.15, 0.2) is 0 Å². The number of likely N-dealkylation sites (N-methyl/N-ethyl adjacent to an activating group) is 1. The van der Waals surface area contributed by atoms with E-state index in [2.05, 4.69) is 33.1 Å². The van der Waals surface area contributed by atoms with Crippen molar-refractivity contribution >= 4 is 15.9 Å². The predicted octanol–water partition coefficient (Wildman–Crippen LogP) is 3.19. The number of hydrogen-bond acceptors (Lipinski definition) is 2. The Bertz CT molecular complexity index is 355. The lowest BCUT2D eigenvalue weighted by molar-refractivity contribution is 0.336. The van der Waals surface area contributed by atoms with Gasteiger partial charge < -0.3 is 10.2 Å². The molecule has 0 aliphatic heterocycles. The Morgan fingerprint density at radius 3 is 2.71 bits per heavy atom. The molecule has 0 heterocycles. The van der Waals surface area contributed by atoms with E-state index < -0.39 is 0 Å². The number of nitrogens with one attached hydrogen (secondary N) is 1. The highest BCUT2D eigenvalue weighted by Crippen LogP contribution is 2.24. The van der Waals surface area contributed by atoms with Crippen LogP contribution in [-0.4, -0.2) is 32.1 Å². The number of halogens is 2. The molecule has 0 radical (unpaired) electrons. The van der Waals surface area contributed by atoms with Crippen LogP contribution in [0.15, 0.2) is 22.7 Å². The van der Waals surface area contributed by atoms with Gasteiger partial charge in [0.25, 0.3) is 0 Å². The van der Waals surface area contributed by atoms with Crippen molar-refractivity contribution in [3.63, 3.8) is 0 Å². The van der Waals surface area contributed by atoms with E-state index in [1.807, 2.05) is 26.2 Å². The summed E-state index contributed by atoms with van der Waals surface area (Å²) in [5.74, 6) is -0.164. The summed E-state index contributed by atoms with van der Waals surface area (Å²) in [6, 6.07) is 5.48. The van der Waals surface area contributed by atoms with Crippen molar-refractivity contribution in [2.45, 2.75) is 19.4 Å².